The van der Waals surface area contributed by atoms with Crippen molar-refractivity contribution in [1.82, 2.24) is 14.9 Å². The minimum Gasteiger partial charge on any atom is -0.339 e. The van der Waals surface area contributed by atoms with Crippen molar-refractivity contribution in [1.29, 1.82) is 0 Å². The molecule has 0 bridgehead atoms. The molecule has 25 heavy (non-hydrogen) atoms. The number of carbonyl (C=O) groups excluding carboxylic acids is 1. The molecule has 4 rings (SSSR count). The number of fused-ring (bicyclic) bond motifs is 3. The van der Waals surface area contributed by atoms with Crippen LogP contribution in [-0.4, -0.2) is 39.1 Å². The summed E-state index contributed by atoms with van der Waals surface area (Å²) in [6, 6.07) is 0.447. The van der Waals surface area contributed by atoms with E-state index in [9.17, 15) is 4.79 Å². The third-order valence-electron chi connectivity index (χ3n) is 5.48. The van der Waals surface area contributed by atoms with E-state index in [0.717, 1.165) is 22.8 Å². The van der Waals surface area contributed by atoms with Crippen LogP contribution in [0.25, 0.3) is 10.2 Å². The van der Waals surface area contributed by atoms with Gasteiger partial charge < -0.3 is 4.90 Å². The van der Waals surface area contributed by atoms with Gasteiger partial charge in [0.1, 0.15) is 16.2 Å². The van der Waals surface area contributed by atoms with E-state index in [1.54, 1.807) is 18.1 Å². The molecule has 0 N–H and O–H groups in total. The molecule has 0 aliphatic heterocycles. The highest BCUT2D eigenvalue weighted by atomic mass is 32.2. The van der Waals surface area contributed by atoms with Gasteiger partial charge in [0.25, 0.3) is 0 Å². The Hall–Kier alpha value is -1.14. The first kappa shape index (κ1) is 17.3. The number of aryl methyl sites for hydroxylation is 2. The minimum absolute atomic E-state index is 0.262. The van der Waals surface area contributed by atoms with Crippen LogP contribution in [0, 0.1) is 0 Å². The van der Waals surface area contributed by atoms with E-state index in [4.69, 9.17) is 0 Å². The van der Waals surface area contributed by atoms with Crippen LogP contribution < -0.4 is 0 Å². The number of thiophene rings is 1. The number of amides is 1. The lowest BCUT2D eigenvalue weighted by Crippen LogP contribution is -2.42. The molecule has 1 amide bonds. The van der Waals surface area contributed by atoms with Gasteiger partial charge in [-0.3, -0.25) is 4.79 Å². The molecule has 2 heterocycles. The first-order valence-electron chi connectivity index (χ1n) is 9.45. The molecule has 1 fully saturated rings. The molecule has 6 heteroatoms. The van der Waals surface area contributed by atoms with Crippen LogP contribution in [0.15, 0.2) is 11.4 Å². The van der Waals surface area contributed by atoms with Gasteiger partial charge in [0, 0.05) is 22.8 Å². The van der Waals surface area contributed by atoms with Gasteiger partial charge >= 0.3 is 0 Å². The highest BCUT2D eigenvalue weighted by Crippen LogP contribution is 2.40. The Morgan fingerprint density at radius 2 is 2.08 bits per heavy atom. The second kappa shape index (κ2) is 7.62. The van der Waals surface area contributed by atoms with Gasteiger partial charge in [0.15, 0.2) is 0 Å². The summed E-state index contributed by atoms with van der Waals surface area (Å²) in [5.41, 5.74) is 1.44. The lowest BCUT2D eigenvalue weighted by Gasteiger charge is -2.33. The molecule has 0 atom stereocenters. The highest BCUT2D eigenvalue weighted by molar-refractivity contribution is 8.00. The lowest BCUT2D eigenvalue weighted by molar-refractivity contribution is -0.131. The molecule has 2 aliphatic rings. The van der Waals surface area contributed by atoms with Gasteiger partial charge in [-0.15, -0.1) is 11.3 Å². The summed E-state index contributed by atoms with van der Waals surface area (Å²) in [5.74, 6) is 0.749. The number of carbonyl (C=O) groups is 1. The van der Waals surface area contributed by atoms with Crippen molar-refractivity contribution < 1.29 is 4.79 Å². The van der Waals surface area contributed by atoms with Crippen molar-refractivity contribution in [2.75, 3.05) is 12.3 Å². The number of thioether (sulfide) groups is 1. The van der Waals surface area contributed by atoms with E-state index in [-0.39, 0.29) is 5.91 Å². The van der Waals surface area contributed by atoms with Crippen LogP contribution in [0.4, 0.5) is 0 Å². The molecule has 0 unspecified atom stereocenters. The molecule has 0 radical (unpaired) electrons. The maximum absolute atomic E-state index is 12.8. The summed E-state index contributed by atoms with van der Waals surface area (Å²) in [5, 5.41) is 2.22. The van der Waals surface area contributed by atoms with Crippen molar-refractivity contribution in [2.24, 2.45) is 0 Å². The topological polar surface area (TPSA) is 46.1 Å². The number of hydrogen-bond donors (Lipinski definition) is 0. The Kier molecular flexibility index (Phi) is 5.27. The lowest BCUT2D eigenvalue weighted by atomic mass is 9.94. The van der Waals surface area contributed by atoms with Crippen LogP contribution in [0.2, 0.25) is 0 Å². The van der Waals surface area contributed by atoms with Gasteiger partial charge in [-0.2, -0.15) is 0 Å². The molecule has 2 aromatic heterocycles. The number of hydrogen-bond acceptors (Lipinski definition) is 5. The number of aromatic nitrogens is 2. The molecule has 0 spiro atoms. The quantitative estimate of drug-likeness (QED) is 0.572. The Labute approximate surface area is 157 Å². The minimum atomic E-state index is 0.262. The fraction of sp³-hybridized carbons (Fsp3) is 0.632. The summed E-state index contributed by atoms with van der Waals surface area (Å²) in [7, 11) is 0. The molecular formula is C19H25N3OS2. The largest absolute Gasteiger partial charge is 0.339 e. The number of nitrogens with zero attached hydrogens (tertiary/aromatic N) is 3. The molecule has 2 aliphatic carbocycles. The molecule has 134 valence electrons. The predicted octanol–water partition coefficient (Wildman–Crippen LogP) is 4.45. The van der Waals surface area contributed by atoms with Crippen LogP contribution in [0.3, 0.4) is 0 Å². The second-order valence-corrected chi connectivity index (χ2v) is 9.02. The second-order valence-electron chi connectivity index (χ2n) is 6.98. The van der Waals surface area contributed by atoms with Crippen LogP contribution in [-0.2, 0) is 17.6 Å². The smallest absolute Gasteiger partial charge is 0.233 e. The SMILES string of the molecule is CCN(C(=O)CSc1ncnc2sc3c(c12)CCC3)C1CCCCC1. The van der Waals surface area contributed by atoms with Crippen molar-refractivity contribution in [2.45, 2.75) is 69.4 Å². The maximum atomic E-state index is 12.8. The average Bonchev–Trinajstić information content (AvgIpc) is 3.22. The first-order chi connectivity index (χ1) is 12.3. The molecule has 0 aromatic carbocycles. The molecule has 1 saturated carbocycles. The van der Waals surface area contributed by atoms with E-state index in [0.29, 0.717) is 11.8 Å². The van der Waals surface area contributed by atoms with E-state index in [1.165, 1.54) is 60.8 Å². The van der Waals surface area contributed by atoms with Crippen molar-refractivity contribution in [3.63, 3.8) is 0 Å². The van der Waals surface area contributed by atoms with Crippen molar-refractivity contribution in [3.05, 3.63) is 16.8 Å². The normalized spacial score (nSPS) is 17.8. The molecule has 2 aromatic rings. The summed E-state index contributed by atoms with van der Waals surface area (Å²) >= 11 is 3.41. The summed E-state index contributed by atoms with van der Waals surface area (Å²) < 4.78 is 0. The zero-order chi connectivity index (χ0) is 17.2. The Morgan fingerprint density at radius 1 is 1.24 bits per heavy atom. The van der Waals surface area contributed by atoms with Crippen LogP contribution in [0.1, 0.15) is 55.9 Å². The van der Waals surface area contributed by atoms with Gasteiger partial charge in [-0.1, -0.05) is 31.0 Å². The van der Waals surface area contributed by atoms with Gasteiger partial charge in [0.05, 0.1) is 5.75 Å². The van der Waals surface area contributed by atoms with Crippen LogP contribution in [0.5, 0.6) is 0 Å². The fourth-order valence-electron chi connectivity index (χ4n) is 4.25. The Morgan fingerprint density at radius 3 is 2.88 bits per heavy atom. The summed E-state index contributed by atoms with van der Waals surface area (Å²) in [6.45, 7) is 2.92. The summed E-state index contributed by atoms with van der Waals surface area (Å²) in [6.07, 6.45) is 11.4. The van der Waals surface area contributed by atoms with Gasteiger partial charge in [-0.05, 0) is 44.6 Å². The standard InChI is InChI=1S/C19H25N3OS2/c1-2-22(13-7-4-3-5-8-13)16(23)11-24-18-17-14-9-6-10-15(14)25-19(17)21-12-20-18/h12-13H,2-11H2,1H3. The highest BCUT2D eigenvalue weighted by Gasteiger charge is 2.25. The molecular weight excluding hydrogens is 350 g/mol. The van der Waals surface area contributed by atoms with E-state index in [2.05, 4.69) is 21.8 Å². The zero-order valence-corrected chi connectivity index (χ0v) is 16.4. The fourth-order valence-corrected chi connectivity index (χ4v) is 6.46. The van der Waals surface area contributed by atoms with E-state index < -0.39 is 0 Å². The predicted molar refractivity (Wildman–Crippen MR) is 104 cm³/mol. The van der Waals surface area contributed by atoms with E-state index in [1.807, 2.05) is 11.3 Å². The molecule has 0 saturated heterocycles. The monoisotopic (exact) mass is 375 g/mol. The van der Waals surface area contributed by atoms with Crippen LogP contribution >= 0.6 is 23.1 Å². The third kappa shape index (κ3) is 3.43. The van der Waals surface area contributed by atoms with Gasteiger partial charge in [-0.25, -0.2) is 9.97 Å². The maximum Gasteiger partial charge on any atom is 0.233 e. The number of rotatable bonds is 5. The Balaban J connectivity index is 1.49. The Bertz CT molecular complexity index is 767. The van der Waals surface area contributed by atoms with Crippen molar-refractivity contribution >= 4 is 39.2 Å². The molecule has 4 nitrogen and oxygen atoms in total. The summed E-state index contributed by atoms with van der Waals surface area (Å²) in [4.78, 5) is 26.5. The van der Waals surface area contributed by atoms with Crippen molar-refractivity contribution in [3.8, 4) is 0 Å². The van der Waals surface area contributed by atoms with Gasteiger partial charge in [0.2, 0.25) is 5.91 Å². The first-order valence-corrected chi connectivity index (χ1v) is 11.3. The van der Waals surface area contributed by atoms with E-state index >= 15 is 0 Å². The zero-order valence-electron chi connectivity index (χ0n) is 14.8. The third-order valence-corrected chi connectivity index (χ3v) is 7.65. The average molecular weight is 376 g/mol.